The van der Waals surface area contributed by atoms with Crippen LogP contribution < -0.4 is 0 Å². The van der Waals surface area contributed by atoms with E-state index in [1.807, 2.05) is 0 Å². The fraction of sp³-hybridized carbons (Fsp3) is 0. The Kier molecular flexibility index (Phi) is 125. The first kappa shape index (κ1) is 29.3. The minimum absolute atomic E-state index is 0. The van der Waals surface area contributed by atoms with Crippen molar-refractivity contribution in [2.75, 3.05) is 0 Å². The van der Waals surface area contributed by atoms with Gasteiger partial charge in [0.15, 0.2) is 0 Å². The molecule has 0 rings (SSSR count). The van der Waals surface area contributed by atoms with Crippen molar-refractivity contribution in [1.29, 1.82) is 0 Å². The molecule has 0 aliphatic rings. The molecule has 15 valence electrons. The number of hydrogen-bond acceptors (Lipinski definition) is 0. The average Bonchev–Trinajstić information content (AvgIpc) is 0. The van der Waals surface area contributed by atoms with Gasteiger partial charge >= 0.3 is 60.8 Å². The summed E-state index contributed by atoms with van der Waals surface area (Å²) < 4.78 is 0. The second-order valence-electron chi connectivity index (χ2n) is 0. The minimum atomic E-state index is 0. The first-order valence-electron chi connectivity index (χ1n) is 0. The summed E-state index contributed by atoms with van der Waals surface area (Å²) in [5.41, 5.74) is 0. The van der Waals surface area contributed by atoms with E-state index in [-0.39, 0.29) is 89.1 Å². The third-order valence-corrected chi connectivity index (χ3v) is 0. The van der Waals surface area contributed by atoms with E-state index in [1.54, 1.807) is 0 Å². The van der Waals surface area contributed by atoms with Crippen LogP contribution in [0.25, 0.3) is 0 Å². The molecule has 4 heavy (non-hydrogen) atoms. The molecule has 0 bridgehead atoms. The largest absolute Gasteiger partial charge is 0.316 e. The summed E-state index contributed by atoms with van der Waals surface area (Å²) >= 11 is 0. The van der Waals surface area contributed by atoms with Gasteiger partial charge in [0.1, 0.15) is 0 Å². The molecule has 0 nitrogen and oxygen atoms in total. The zero-order valence-electron chi connectivity index (χ0n) is 1.08. The third kappa shape index (κ3) is 8.84. The average molecular weight is 123 g/mol. The van der Waals surface area contributed by atoms with Gasteiger partial charge in [-0.2, -0.15) is 0 Å². The predicted octanol–water partition coefficient (Wildman–Crippen LogP) is -2.59. The molecule has 0 amide bonds. The van der Waals surface area contributed by atoms with Crippen molar-refractivity contribution < 1.29 is 0 Å². The van der Waals surface area contributed by atoms with Crippen LogP contribution in [0, 0.1) is 0 Å². The Morgan fingerprint density at radius 3 is 1.00 bits per heavy atom. The number of hydrogen-bond donors (Lipinski definition) is 0. The molecule has 0 aromatic carbocycles. The Hall–Kier alpha value is 2.78. The van der Waals surface area contributed by atoms with Crippen LogP contribution in [0.3, 0.4) is 0 Å². The number of rotatable bonds is 0. The third-order valence-electron chi connectivity index (χ3n) is 0. The summed E-state index contributed by atoms with van der Waals surface area (Å²) in [4.78, 5) is 0. The standard InChI is InChI=1S/Al.Ca.Mg.Si.4H. The molecule has 0 spiro atoms. The molecule has 0 atom stereocenters. The van der Waals surface area contributed by atoms with E-state index in [1.165, 1.54) is 0 Å². The van der Waals surface area contributed by atoms with Gasteiger partial charge < -0.3 is 0 Å². The van der Waals surface area contributed by atoms with E-state index >= 15 is 0 Å². The van der Waals surface area contributed by atoms with Gasteiger partial charge in [-0.3, -0.25) is 0 Å². The van der Waals surface area contributed by atoms with E-state index < -0.39 is 0 Å². The smallest absolute Gasteiger partial charge is 0 e. The molecule has 0 aromatic heterocycles. The van der Waals surface area contributed by atoms with Crippen LogP contribution in [0.4, 0.5) is 0 Å². The Bertz CT molecular complexity index is 8.00. The Morgan fingerprint density at radius 2 is 1.00 bits per heavy atom. The van der Waals surface area contributed by atoms with Crippen LogP contribution >= 0.6 is 0 Å². The quantitative estimate of drug-likeness (QED) is 0.310. The molecule has 4 heteroatoms. The van der Waals surface area contributed by atoms with Gasteiger partial charge in [0, 0.05) is 28.3 Å². The Morgan fingerprint density at radius 1 is 1.00 bits per heavy atom. The zero-order chi connectivity index (χ0) is 0. The molecular weight excluding hydrogens is 119 g/mol. The van der Waals surface area contributed by atoms with E-state index in [9.17, 15) is 0 Å². The van der Waals surface area contributed by atoms with Crippen LogP contribution in [0.1, 0.15) is 0 Å². The molecule has 0 N–H and O–H groups in total. The van der Waals surface area contributed by atoms with Gasteiger partial charge in [0.25, 0.3) is 0 Å². The molecule has 0 aliphatic heterocycles. The molecule has 0 heterocycles. The Balaban J connectivity index is 0. The van der Waals surface area contributed by atoms with Gasteiger partial charge in [-0.25, -0.2) is 0 Å². The maximum Gasteiger partial charge on any atom is 0.316 e. The summed E-state index contributed by atoms with van der Waals surface area (Å²) in [6.07, 6.45) is 0. The second-order valence-corrected chi connectivity index (χ2v) is 0. The fourth-order valence-electron chi connectivity index (χ4n) is 0. The van der Waals surface area contributed by atoms with Gasteiger partial charge in [-0.15, -0.1) is 0 Å². The minimum Gasteiger partial charge on any atom is 0 e. The Labute approximate surface area is 87.4 Å². The summed E-state index contributed by atoms with van der Waals surface area (Å²) in [7, 11) is 0. The first-order valence-corrected chi connectivity index (χ1v) is 0. The monoisotopic (exact) mass is 123 g/mol. The van der Waals surface area contributed by atoms with E-state index in [0.717, 1.165) is 0 Å². The van der Waals surface area contributed by atoms with Crippen molar-refractivity contribution in [3.63, 3.8) is 0 Å². The predicted molar refractivity (Wildman–Crippen MR) is 28.6 cm³/mol. The summed E-state index contributed by atoms with van der Waals surface area (Å²) in [6.45, 7) is 0. The summed E-state index contributed by atoms with van der Waals surface area (Å²) in [5.74, 6) is 0. The maximum absolute atomic E-state index is 0. The van der Waals surface area contributed by atoms with Gasteiger partial charge in [-0.1, -0.05) is 0 Å². The molecular formula is H4AlCaMgSi. The second kappa shape index (κ2) is 17.1. The SMILES string of the molecule is [Al].[CaH2].[MgH2].[Si]. The van der Waals surface area contributed by atoms with Crippen molar-refractivity contribution in [2.24, 2.45) is 0 Å². The van der Waals surface area contributed by atoms with Crippen molar-refractivity contribution in [3.05, 3.63) is 0 Å². The van der Waals surface area contributed by atoms with Crippen LogP contribution in [0.15, 0.2) is 0 Å². The fourth-order valence-corrected chi connectivity index (χ4v) is 0. The van der Waals surface area contributed by atoms with E-state index in [0.29, 0.717) is 0 Å². The molecule has 7 radical (unpaired) electrons. The van der Waals surface area contributed by atoms with Crippen molar-refractivity contribution in [2.45, 2.75) is 0 Å². The molecule has 0 saturated heterocycles. The zero-order valence-corrected chi connectivity index (χ0v) is 3.23. The molecule has 0 unspecified atom stereocenters. The van der Waals surface area contributed by atoms with Crippen molar-refractivity contribution in [1.82, 2.24) is 0 Å². The van der Waals surface area contributed by atoms with Gasteiger partial charge in [0.05, 0.1) is 0 Å². The summed E-state index contributed by atoms with van der Waals surface area (Å²) in [5, 5.41) is 0. The first-order chi connectivity index (χ1) is 0. The molecule has 0 saturated carbocycles. The van der Waals surface area contributed by atoms with Crippen LogP contribution in [-0.2, 0) is 0 Å². The van der Waals surface area contributed by atoms with Gasteiger partial charge in [0.2, 0.25) is 0 Å². The normalized spacial score (nSPS) is 0. The van der Waals surface area contributed by atoms with Gasteiger partial charge in [-0.05, 0) is 0 Å². The van der Waals surface area contributed by atoms with Crippen LogP contribution in [-0.4, -0.2) is 89.1 Å². The summed E-state index contributed by atoms with van der Waals surface area (Å²) in [6, 6.07) is 0. The van der Waals surface area contributed by atoms with Crippen molar-refractivity contribution >= 4 is 89.1 Å². The molecule has 0 aliphatic carbocycles. The topological polar surface area (TPSA) is 0 Å². The maximum atomic E-state index is 0. The molecule has 0 fully saturated rings. The van der Waals surface area contributed by atoms with E-state index in [2.05, 4.69) is 0 Å². The van der Waals surface area contributed by atoms with E-state index in [4.69, 9.17) is 0 Å². The molecule has 0 aromatic rings. The van der Waals surface area contributed by atoms with Crippen molar-refractivity contribution in [3.8, 4) is 0 Å². The van der Waals surface area contributed by atoms with Crippen LogP contribution in [0.2, 0.25) is 0 Å². The van der Waals surface area contributed by atoms with Crippen LogP contribution in [0.5, 0.6) is 0 Å².